The fourth-order valence-electron chi connectivity index (χ4n) is 6.98. The number of quaternary nitrogens is 1. The third kappa shape index (κ3) is 61.3. The Morgan fingerprint density at radius 1 is 0.370 bits per heavy atom. The topological polar surface area (TPSA) is 108 Å². The summed E-state index contributed by atoms with van der Waals surface area (Å²) in [5.41, 5.74) is 0. The number of hydrogen-bond donors (Lipinski definition) is 1. The van der Waals surface area contributed by atoms with E-state index in [0.717, 1.165) is 128 Å². The minimum Gasteiger partial charge on any atom is -0.477 e. The van der Waals surface area contributed by atoms with Gasteiger partial charge in [0, 0.05) is 12.8 Å². The number of ether oxygens (including phenoxy) is 4. The lowest BCUT2D eigenvalue weighted by atomic mass is 10.1. The van der Waals surface area contributed by atoms with E-state index in [4.69, 9.17) is 18.9 Å². The summed E-state index contributed by atoms with van der Waals surface area (Å²) < 4.78 is 22.7. The number of carbonyl (C=O) groups is 3. The number of likely N-dealkylation sites (N-methyl/N-ethyl adjacent to an activating group) is 1. The van der Waals surface area contributed by atoms with Crippen LogP contribution in [0.3, 0.4) is 0 Å². The lowest BCUT2D eigenvalue weighted by Gasteiger charge is -2.25. The van der Waals surface area contributed by atoms with Gasteiger partial charge >= 0.3 is 17.9 Å². The van der Waals surface area contributed by atoms with Crippen LogP contribution in [-0.4, -0.2) is 87.4 Å². The summed E-state index contributed by atoms with van der Waals surface area (Å²) in [5.74, 6) is -2.20. The maximum Gasteiger partial charge on any atom is 0.361 e. The summed E-state index contributed by atoms with van der Waals surface area (Å²) in [4.78, 5) is 37.4. The average molecular weight is 1120 g/mol. The van der Waals surface area contributed by atoms with Crippen LogP contribution in [0.2, 0.25) is 0 Å². The molecule has 9 nitrogen and oxygen atoms in total. The Balaban J connectivity index is 4.42. The molecule has 0 radical (unpaired) electrons. The van der Waals surface area contributed by atoms with E-state index in [-0.39, 0.29) is 32.7 Å². The maximum atomic E-state index is 12.9. The van der Waals surface area contributed by atoms with Crippen LogP contribution in [0, 0.1) is 0 Å². The number of carboxylic acids is 1. The molecule has 0 aliphatic rings. The van der Waals surface area contributed by atoms with Crippen LogP contribution in [0.1, 0.15) is 168 Å². The minimum absolute atomic E-state index is 0.156. The molecule has 0 fully saturated rings. The molecule has 0 spiro atoms. The molecule has 0 aliphatic carbocycles. The first kappa shape index (κ1) is 74.9. The molecule has 0 heterocycles. The quantitative estimate of drug-likeness (QED) is 0.0211. The molecule has 0 aromatic heterocycles. The first-order chi connectivity index (χ1) is 39.6. The van der Waals surface area contributed by atoms with Gasteiger partial charge in [0.1, 0.15) is 13.2 Å². The van der Waals surface area contributed by atoms with Crippen molar-refractivity contribution in [1.82, 2.24) is 0 Å². The van der Waals surface area contributed by atoms with Gasteiger partial charge in [-0.25, -0.2) is 4.79 Å². The van der Waals surface area contributed by atoms with Gasteiger partial charge in [0.2, 0.25) is 0 Å². The van der Waals surface area contributed by atoms with E-state index in [0.29, 0.717) is 23.9 Å². The molecule has 0 saturated carbocycles. The van der Waals surface area contributed by atoms with Crippen LogP contribution < -0.4 is 0 Å². The molecule has 2 unspecified atom stereocenters. The number of carbonyl (C=O) groups excluding carboxylic acids is 2. The first-order valence-electron chi connectivity index (χ1n) is 30.2. The predicted octanol–water partition coefficient (Wildman–Crippen LogP) is 18.4. The highest BCUT2D eigenvalue weighted by atomic mass is 16.7. The van der Waals surface area contributed by atoms with Crippen molar-refractivity contribution in [1.29, 1.82) is 0 Å². The van der Waals surface area contributed by atoms with Crippen molar-refractivity contribution in [3.05, 3.63) is 207 Å². The molecule has 448 valence electrons. The molecule has 9 heteroatoms. The van der Waals surface area contributed by atoms with Crippen molar-refractivity contribution in [2.24, 2.45) is 0 Å². The van der Waals surface area contributed by atoms with E-state index in [2.05, 4.69) is 208 Å². The summed E-state index contributed by atoms with van der Waals surface area (Å²) >= 11 is 0. The Kier molecular flexibility index (Phi) is 55.4. The van der Waals surface area contributed by atoms with Crippen LogP contribution in [-0.2, 0) is 33.3 Å². The predicted molar refractivity (Wildman–Crippen MR) is 345 cm³/mol. The van der Waals surface area contributed by atoms with Crippen molar-refractivity contribution in [3.63, 3.8) is 0 Å². The van der Waals surface area contributed by atoms with Gasteiger partial charge < -0.3 is 28.5 Å². The Bertz CT molecular complexity index is 2070. The summed E-state index contributed by atoms with van der Waals surface area (Å²) in [6, 6.07) is 0. The highest BCUT2D eigenvalue weighted by Crippen LogP contribution is 2.10. The number of nitrogens with zero attached hydrogens (tertiary/aromatic N) is 1. The zero-order valence-electron chi connectivity index (χ0n) is 50.8. The standard InChI is InChI=1S/C72H107NO8/c1-6-8-10-12-14-16-18-20-22-24-26-27-28-29-30-31-32-33-34-35-36-37-38-39-40-41-42-43-45-47-49-51-53-55-57-59-61-63-70(75)81-68(67-80-72(71(76)77)78-65-64-73(3,4)5)66-79-69(74)62-60-58-56-54-52-50-48-46-44-25-23-21-19-17-15-13-11-9-7-2/h8-11,14-17,20-23,26-27,29-30,32-33,35-36,38-39,41-42,44-47,50-53,56,58,68,72H,6-7,12-13,18-19,24-25,28,31,34,37,40,43,48-49,54-55,57,59-67H2,1-5H3/p+1/b10-8-,11-9-,16-14-,17-15-,22-20-,23-21-,27-26-,30-29-,33-32-,36-35-,39-38-,42-41-,46-44-,47-45-,52-50-,53-51-,58-56-. The molecule has 0 saturated heterocycles. The van der Waals surface area contributed by atoms with E-state index in [1.807, 2.05) is 33.3 Å². The van der Waals surface area contributed by atoms with Gasteiger partial charge in [0.05, 0.1) is 34.4 Å². The molecule has 0 aromatic carbocycles. The summed E-state index contributed by atoms with van der Waals surface area (Å²) in [6.07, 6.45) is 92.2. The Morgan fingerprint density at radius 2 is 0.691 bits per heavy atom. The Hall–Kier alpha value is -6.13. The number of rotatable bonds is 52. The number of unbranched alkanes of at least 4 members (excludes halogenated alkanes) is 3. The third-order valence-electron chi connectivity index (χ3n) is 11.5. The first-order valence-corrected chi connectivity index (χ1v) is 30.2. The number of carboxylic acid groups (broad SMARTS) is 1. The van der Waals surface area contributed by atoms with Crippen LogP contribution in [0.25, 0.3) is 0 Å². The smallest absolute Gasteiger partial charge is 0.361 e. The number of hydrogen-bond acceptors (Lipinski definition) is 7. The van der Waals surface area contributed by atoms with Crippen molar-refractivity contribution in [2.45, 2.75) is 180 Å². The molecule has 2 atom stereocenters. The monoisotopic (exact) mass is 1110 g/mol. The van der Waals surface area contributed by atoms with Crippen LogP contribution >= 0.6 is 0 Å². The number of esters is 2. The SMILES string of the molecule is CC/C=C\C/C=C\C/C=C\C/C=C\C/C=C\C/C=C\C/C=C\C/C=C\C/C=C\C/C=C\C/C=C\CCCCCC(=O)OC(COC(=O)CC/C=C\C/C=C\C/C=C\C/C=C\C/C=C\C/C=C\CC)COC(OCC[N+](C)(C)C)C(=O)O. The van der Waals surface area contributed by atoms with Crippen molar-refractivity contribution >= 4 is 17.9 Å². The van der Waals surface area contributed by atoms with Gasteiger partial charge in [-0.15, -0.1) is 0 Å². The van der Waals surface area contributed by atoms with Crippen molar-refractivity contribution < 1.29 is 42.9 Å². The molecule has 0 aromatic rings. The average Bonchev–Trinajstić information content (AvgIpc) is 3.44. The molecule has 0 bridgehead atoms. The maximum absolute atomic E-state index is 12.9. The second kappa shape index (κ2) is 60.0. The summed E-state index contributed by atoms with van der Waals surface area (Å²) in [5, 5.41) is 9.70. The molecule has 0 amide bonds. The van der Waals surface area contributed by atoms with E-state index >= 15 is 0 Å². The zero-order valence-corrected chi connectivity index (χ0v) is 50.8. The largest absolute Gasteiger partial charge is 0.477 e. The highest BCUT2D eigenvalue weighted by molar-refractivity contribution is 5.71. The number of aliphatic carboxylic acids is 1. The molecular weight excluding hydrogens is 1010 g/mol. The van der Waals surface area contributed by atoms with Gasteiger partial charge in [-0.3, -0.25) is 9.59 Å². The van der Waals surface area contributed by atoms with Gasteiger partial charge in [-0.1, -0.05) is 227 Å². The summed E-state index contributed by atoms with van der Waals surface area (Å²) in [6.45, 7) is 4.47. The van der Waals surface area contributed by atoms with Crippen molar-refractivity contribution in [3.8, 4) is 0 Å². The van der Waals surface area contributed by atoms with E-state index in [9.17, 15) is 19.5 Å². The van der Waals surface area contributed by atoms with Crippen molar-refractivity contribution in [2.75, 3.05) is 47.5 Å². The molecule has 0 aliphatic heterocycles. The molecular formula is C72H108NO8+. The Morgan fingerprint density at radius 3 is 1.01 bits per heavy atom. The third-order valence-corrected chi connectivity index (χ3v) is 11.5. The van der Waals surface area contributed by atoms with Gasteiger partial charge in [0.25, 0.3) is 6.29 Å². The fraction of sp³-hybridized carbons (Fsp3) is 0.486. The lowest BCUT2D eigenvalue weighted by Crippen LogP contribution is -2.40. The van der Waals surface area contributed by atoms with E-state index < -0.39 is 30.3 Å². The second-order valence-corrected chi connectivity index (χ2v) is 20.2. The molecule has 81 heavy (non-hydrogen) atoms. The second-order valence-electron chi connectivity index (χ2n) is 20.2. The van der Waals surface area contributed by atoms with E-state index in [1.165, 1.54) is 0 Å². The van der Waals surface area contributed by atoms with Gasteiger partial charge in [0.15, 0.2) is 6.10 Å². The van der Waals surface area contributed by atoms with E-state index in [1.54, 1.807) is 0 Å². The minimum atomic E-state index is -1.55. The van der Waals surface area contributed by atoms with Gasteiger partial charge in [-0.2, -0.15) is 0 Å². The molecule has 1 N–H and O–H groups in total. The summed E-state index contributed by atoms with van der Waals surface area (Å²) in [7, 11) is 5.91. The highest BCUT2D eigenvalue weighted by Gasteiger charge is 2.25. The van der Waals surface area contributed by atoms with Crippen LogP contribution in [0.5, 0.6) is 0 Å². The van der Waals surface area contributed by atoms with Gasteiger partial charge in [-0.05, 0) is 135 Å². The Labute approximate surface area is 493 Å². The van der Waals surface area contributed by atoms with Crippen LogP contribution in [0.4, 0.5) is 0 Å². The van der Waals surface area contributed by atoms with Crippen LogP contribution in [0.15, 0.2) is 207 Å². The zero-order chi connectivity index (χ0) is 59.1. The lowest BCUT2D eigenvalue weighted by molar-refractivity contribution is -0.870. The fourth-order valence-corrected chi connectivity index (χ4v) is 6.98. The number of allylic oxidation sites excluding steroid dienone is 34. The molecule has 0 rings (SSSR count). The normalized spacial score (nSPS) is 14.2.